The Bertz CT molecular complexity index is 1020. The van der Waals surface area contributed by atoms with Gasteiger partial charge in [0.15, 0.2) is 6.04 Å². The van der Waals surface area contributed by atoms with Crippen LogP contribution in [0.5, 0.6) is 5.75 Å². The maximum atomic E-state index is 13.7. The van der Waals surface area contributed by atoms with Gasteiger partial charge in [-0.05, 0) is 29.1 Å². The molecule has 0 saturated heterocycles. The highest BCUT2D eigenvalue weighted by atomic mass is 32.1. The van der Waals surface area contributed by atoms with Crippen LogP contribution in [-0.2, 0) is 6.54 Å². The van der Waals surface area contributed by atoms with Crippen LogP contribution in [0.25, 0.3) is 0 Å². The van der Waals surface area contributed by atoms with Crippen LogP contribution in [0.3, 0.4) is 0 Å². The van der Waals surface area contributed by atoms with E-state index >= 15 is 0 Å². The molecule has 2 aromatic heterocycles. The zero-order chi connectivity index (χ0) is 21.3. The molecule has 0 fully saturated rings. The van der Waals surface area contributed by atoms with Crippen LogP contribution >= 0.6 is 11.3 Å². The molecule has 2 unspecified atom stereocenters. The molecule has 10 heteroatoms. The van der Waals surface area contributed by atoms with Gasteiger partial charge >= 0.3 is 6.18 Å². The van der Waals surface area contributed by atoms with Gasteiger partial charge < -0.3 is 15.4 Å². The highest BCUT2D eigenvalue weighted by Crippen LogP contribution is 2.45. The SMILES string of the molecule is COc1ccc(CNC(=O)c2cnn3c2NC(c2cccs2)CC3C(F)(F)F)cc1. The molecule has 3 aromatic rings. The molecule has 1 aromatic carbocycles. The molecule has 0 aliphatic carbocycles. The number of methoxy groups -OCH3 is 1. The van der Waals surface area contributed by atoms with Gasteiger partial charge in [-0.2, -0.15) is 18.3 Å². The van der Waals surface area contributed by atoms with E-state index in [-0.39, 0.29) is 24.3 Å². The molecular weight excluding hydrogens is 417 g/mol. The first-order valence-corrected chi connectivity index (χ1v) is 10.1. The summed E-state index contributed by atoms with van der Waals surface area (Å²) >= 11 is 1.37. The van der Waals surface area contributed by atoms with Crippen LogP contribution in [0.15, 0.2) is 48.0 Å². The summed E-state index contributed by atoms with van der Waals surface area (Å²) in [5.74, 6) is 0.277. The summed E-state index contributed by atoms with van der Waals surface area (Å²) in [5.41, 5.74) is 0.918. The van der Waals surface area contributed by atoms with Gasteiger partial charge in [0.2, 0.25) is 0 Å². The molecule has 1 aliphatic rings. The third kappa shape index (κ3) is 4.00. The number of anilines is 1. The fraction of sp³-hybridized carbons (Fsp3) is 0.300. The molecule has 6 nitrogen and oxygen atoms in total. The van der Waals surface area contributed by atoms with Crippen molar-refractivity contribution in [3.63, 3.8) is 0 Å². The van der Waals surface area contributed by atoms with E-state index in [4.69, 9.17) is 4.74 Å². The number of thiophene rings is 1. The van der Waals surface area contributed by atoms with E-state index in [0.29, 0.717) is 5.75 Å². The maximum Gasteiger partial charge on any atom is 0.410 e. The van der Waals surface area contributed by atoms with Crippen molar-refractivity contribution < 1.29 is 22.7 Å². The van der Waals surface area contributed by atoms with Gasteiger partial charge in [0.05, 0.1) is 19.3 Å². The third-order valence-corrected chi connectivity index (χ3v) is 5.97. The fourth-order valence-electron chi connectivity index (χ4n) is 3.43. The summed E-state index contributed by atoms with van der Waals surface area (Å²) in [7, 11) is 1.56. The number of aromatic nitrogens is 2. The number of nitrogens with one attached hydrogen (secondary N) is 2. The van der Waals surface area contributed by atoms with Gasteiger partial charge in [-0.3, -0.25) is 4.79 Å². The normalized spacial score (nSPS) is 18.4. The van der Waals surface area contributed by atoms with E-state index in [9.17, 15) is 18.0 Å². The lowest BCUT2D eigenvalue weighted by Crippen LogP contribution is -2.36. The lowest BCUT2D eigenvalue weighted by Gasteiger charge is -2.33. The van der Waals surface area contributed by atoms with Gasteiger partial charge in [-0.1, -0.05) is 18.2 Å². The second kappa shape index (κ2) is 8.02. The number of hydrogen-bond acceptors (Lipinski definition) is 5. The molecule has 158 valence electrons. The standard InChI is InChI=1S/C20H19F3N4O2S/c1-29-13-6-4-12(5-7-13)10-24-19(28)14-11-25-27-17(20(21,22)23)9-15(26-18(14)27)16-3-2-8-30-16/h2-8,11,15,17,26H,9-10H2,1H3,(H,24,28). The molecular formula is C20H19F3N4O2S. The smallest absolute Gasteiger partial charge is 0.410 e. The zero-order valence-corrected chi connectivity index (χ0v) is 16.8. The van der Waals surface area contributed by atoms with E-state index in [1.54, 1.807) is 43.5 Å². The summed E-state index contributed by atoms with van der Waals surface area (Å²) in [6.07, 6.45) is -3.48. The summed E-state index contributed by atoms with van der Waals surface area (Å²) in [5, 5.41) is 11.5. The van der Waals surface area contributed by atoms with E-state index in [1.165, 1.54) is 17.5 Å². The highest BCUT2D eigenvalue weighted by Gasteiger charge is 2.47. The molecule has 0 saturated carbocycles. The quantitative estimate of drug-likeness (QED) is 0.616. The number of ether oxygens (including phenoxy) is 1. The third-order valence-electron chi connectivity index (χ3n) is 4.98. The summed E-state index contributed by atoms with van der Waals surface area (Å²) in [6.45, 7) is 0.227. The Hall–Kier alpha value is -3.01. The number of nitrogens with zero attached hydrogens (tertiary/aromatic N) is 2. The van der Waals surface area contributed by atoms with Crippen molar-refractivity contribution in [1.29, 1.82) is 0 Å². The number of alkyl halides is 3. The zero-order valence-electron chi connectivity index (χ0n) is 15.9. The number of hydrogen-bond donors (Lipinski definition) is 2. The molecule has 2 atom stereocenters. The summed E-state index contributed by atoms with van der Waals surface area (Å²) in [6, 6.07) is 8.37. The lowest BCUT2D eigenvalue weighted by molar-refractivity contribution is -0.173. The second-order valence-electron chi connectivity index (χ2n) is 6.89. The first-order chi connectivity index (χ1) is 14.4. The maximum absolute atomic E-state index is 13.7. The van der Waals surface area contributed by atoms with Crippen molar-refractivity contribution in [2.45, 2.75) is 31.2 Å². The average molecular weight is 436 g/mol. The summed E-state index contributed by atoms with van der Waals surface area (Å²) in [4.78, 5) is 13.5. The van der Waals surface area contributed by atoms with E-state index in [2.05, 4.69) is 15.7 Å². The molecule has 0 spiro atoms. The van der Waals surface area contributed by atoms with Gasteiger partial charge in [0.1, 0.15) is 17.1 Å². The minimum absolute atomic E-state index is 0.0780. The van der Waals surface area contributed by atoms with Crippen LogP contribution < -0.4 is 15.4 Å². The molecule has 1 amide bonds. The Morgan fingerprint density at radius 1 is 1.33 bits per heavy atom. The minimum atomic E-state index is -4.48. The Morgan fingerprint density at radius 2 is 2.10 bits per heavy atom. The topological polar surface area (TPSA) is 68.2 Å². The van der Waals surface area contributed by atoms with Crippen LogP contribution in [-0.4, -0.2) is 29.0 Å². The predicted octanol–water partition coefficient (Wildman–Crippen LogP) is 4.54. The Kier molecular flexibility index (Phi) is 5.42. The lowest BCUT2D eigenvalue weighted by atomic mass is 10.0. The molecule has 30 heavy (non-hydrogen) atoms. The molecule has 4 rings (SSSR count). The first kappa shape index (κ1) is 20.3. The predicted molar refractivity (Wildman–Crippen MR) is 107 cm³/mol. The number of benzene rings is 1. The van der Waals surface area contributed by atoms with E-state index < -0.39 is 24.2 Å². The Labute approximate surface area is 174 Å². The Balaban J connectivity index is 1.56. The van der Waals surface area contributed by atoms with E-state index in [1.807, 2.05) is 5.38 Å². The molecule has 0 radical (unpaired) electrons. The van der Waals surface area contributed by atoms with Crippen LogP contribution in [0.1, 0.15) is 39.3 Å². The highest BCUT2D eigenvalue weighted by molar-refractivity contribution is 7.10. The number of halogens is 3. The number of carbonyl (C=O) groups excluding carboxylic acids is 1. The van der Waals surface area contributed by atoms with Crippen molar-refractivity contribution >= 4 is 23.1 Å². The second-order valence-corrected chi connectivity index (χ2v) is 7.87. The van der Waals surface area contributed by atoms with Crippen molar-refractivity contribution in [1.82, 2.24) is 15.1 Å². The van der Waals surface area contributed by atoms with Gasteiger partial charge in [0.25, 0.3) is 5.91 Å². The van der Waals surface area contributed by atoms with Crippen LogP contribution in [0.4, 0.5) is 19.0 Å². The number of amides is 1. The number of carbonyl (C=O) groups is 1. The average Bonchev–Trinajstić information content (AvgIpc) is 3.41. The van der Waals surface area contributed by atoms with Crippen molar-refractivity contribution in [2.24, 2.45) is 0 Å². The molecule has 0 bridgehead atoms. The van der Waals surface area contributed by atoms with Gasteiger partial charge in [0, 0.05) is 17.8 Å². The number of fused-ring (bicyclic) bond motifs is 1. The number of rotatable bonds is 5. The van der Waals surface area contributed by atoms with Crippen molar-refractivity contribution in [2.75, 3.05) is 12.4 Å². The van der Waals surface area contributed by atoms with Crippen LogP contribution in [0, 0.1) is 0 Å². The molecule has 1 aliphatic heterocycles. The monoisotopic (exact) mass is 436 g/mol. The first-order valence-electron chi connectivity index (χ1n) is 9.22. The summed E-state index contributed by atoms with van der Waals surface area (Å²) < 4.78 is 47.0. The van der Waals surface area contributed by atoms with Gasteiger partial charge in [-0.25, -0.2) is 4.68 Å². The van der Waals surface area contributed by atoms with Crippen LogP contribution in [0.2, 0.25) is 0 Å². The molecule has 2 N–H and O–H groups in total. The largest absolute Gasteiger partial charge is 0.497 e. The van der Waals surface area contributed by atoms with Crippen molar-refractivity contribution in [3.05, 3.63) is 64.0 Å². The fourth-order valence-corrected chi connectivity index (χ4v) is 4.22. The van der Waals surface area contributed by atoms with Gasteiger partial charge in [-0.15, -0.1) is 11.3 Å². The van der Waals surface area contributed by atoms with Crippen molar-refractivity contribution in [3.8, 4) is 5.75 Å². The Morgan fingerprint density at radius 3 is 2.73 bits per heavy atom. The van der Waals surface area contributed by atoms with E-state index in [0.717, 1.165) is 15.1 Å². The molecule has 3 heterocycles. The minimum Gasteiger partial charge on any atom is -0.497 e.